The quantitative estimate of drug-likeness (QED) is 0.352. The molecule has 5 rings (SSSR count). The van der Waals surface area contributed by atoms with E-state index in [0.29, 0.717) is 10.8 Å². The van der Waals surface area contributed by atoms with Crippen molar-refractivity contribution in [1.29, 1.82) is 0 Å². The third-order valence-electron chi connectivity index (χ3n) is 5.66. The van der Waals surface area contributed by atoms with Crippen molar-refractivity contribution in [3.8, 4) is 11.1 Å². The van der Waals surface area contributed by atoms with E-state index in [1.807, 2.05) is 30.5 Å². The minimum atomic E-state index is -0.126. The smallest absolute Gasteiger partial charge is 0.269 e. The van der Waals surface area contributed by atoms with Crippen LogP contribution in [-0.2, 0) is 0 Å². The van der Waals surface area contributed by atoms with Gasteiger partial charge in [0.1, 0.15) is 22.3 Å². The number of nitrogens with one attached hydrogen (secondary N) is 4. The maximum absolute atomic E-state index is 12.3. The van der Waals surface area contributed by atoms with E-state index in [4.69, 9.17) is 11.6 Å². The second-order valence-electron chi connectivity index (χ2n) is 7.81. The Morgan fingerprint density at radius 2 is 2.06 bits per heavy atom. The van der Waals surface area contributed by atoms with Gasteiger partial charge in [0, 0.05) is 41.6 Å². The first-order valence-electron chi connectivity index (χ1n) is 10.3. The summed E-state index contributed by atoms with van der Waals surface area (Å²) in [6.07, 6.45) is 9.08. The van der Waals surface area contributed by atoms with Crippen molar-refractivity contribution in [1.82, 2.24) is 30.5 Å². The van der Waals surface area contributed by atoms with E-state index in [1.165, 1.54) is 0 Å². The monoisotopic (exact) mass is 435 g/mol. The number of halogens is 1. The van der Waals surface area contributed by atoms with Gasteiger partial charge in [-0.25, -0.2) is 9.97 Å². The summed E-state index contributed by atoms with van der Waals surface area (Å²) in [6, 6.07) is 9.78. The van der Waals surface area contributed by atoms with Crippen molar-refractivity contribution in [2.75, 3.05) is 5.32 Å². The lowest BCUT2D eigenvalue weighted by atomic mass is 9.90. The van der Waals surface area contributed by atoms with Crippen LogP contribution in [0.2, 0.25) is 5.15 Å². The number of hydrogen-bond donors (Lipinski definition) is 4. The molecule has 1 aliphatic rings. The van der Waals surface area contributed by atoms with Crippen LogP contribution in [0.4, 0.5) is 5.82 Å². The van der Waals surface area contributed by atoms with Gasteiger partial charge in [-0.1, -0.05) is 11.6 Å². The number of carbonyl (C=O) groups excluding carboxylic acids is 1. The fraction of sp³-hybridized carbons (Fsp3) is 0.273. The molecule has 0 radical (unpaired) electrons. The number of pyridine rings is 2. The van der Waals surface area contributed by atoms with Crippen molar-refractivity contribution in [3.63, 3.8) is 0 Å². The first kappa shape index (κ1) is 19.6. The lowest BCUT2D eigenvalue weighted by Crippen LogP contribution is -2.42. The number of rotatable bonds is 5. The van der Waals surface area contributed by atoms with Crippen LogP contribution >= 0.6 is 11.6 Å². The summed E-state index contributed by atoms with van der Waals surface area (Å²) in [6.45, 7) is 0. The van der Waals surface area contributed by atoms with Crippen molar-refractivity contribution in [3.05, 3.63) is 59.8 Å². The van der Waals surface area contributed by atoms with E-state index < -0.39 is 0 Å². The molecule has 2 unspecified atom stereocenters. The normalized spacial score (nSPS) is 18.7. The van der Waals surface area contributed by atoms with E-state index in [9.17, 15) is 4.79 Å². The van der Waals surface area contributed by atoms with Gasteiger partial charge in [0.2, 0.25) is 0 Å². The Hall–Kier alpha value is -3.39. The second kappa shape index (κ2) is 8.39. The molecule has 1 aliphatic carbocycles. The van der Waals surface area contributed by atoms with Crippen LogP contribution in [0.1, 0.15) is 36.2 Å². The molecule has 0 aromatic carbocycles. The van der Waals surface area contributed by atoms with Gasteiger partial charge in [-0.15, -0.1) is 0 Å². The molecule has 1 fully saturated rings. The van der Waals surface area contributed by atoms with E-state index in [2.05, 4.69) is 35.8 Å². The average Bonchev–Trinajstić information content (AvgIpc) is 3.44. The highest BCUT2D eigenvalue weighted by atomic mass is 35.5. The summed E-state index contributed by atoms with van der Waals surface area (Å²) in [5, 5.41) is 14.6. The van der Waals surface area contributed by atoms with Crippen molar-refractivity contribution < 1.29 is 4.79 Å². The third kappa shape index (κ3) is 4.25. The molecule has 0 saturated heterocycles. The number of hydrogen-bond acceptors (Lipinski definition) is 5. The fourth-order valence-corrected chi connectivity index (χ4v) is 4.44. The first-order chi connectivity index (χ1) is 15.2. The van der Waals surface area contributed by atoms with Gasteiger partial charge < -0.3 is 15.6 Å². The minimum absolute atomic E-state index is 0.0976. The molecular formula is C22H22ClN7O. The highest BCUT2D eigenvalue weighted by Gasteiger charge is 2.24. The molecule has 158 valence electrons. The summed E-state index contributed by atoms with van der Waals surface area (Å²) in [5.74, 6) is 0.602. The second-order valence-corrected chi connectivity index (χ2v) is 8.20. The molecule has 2 atom stereocenters. The molecule has 4 N–H and O–H groups in total. The van der Waals surface area contributed by atoms with Crippen LogP contribution in [0, 0.1) is 0 Å². The molecule has 4 aromatic rings. The zero-order valence-electron chi connectivity index (χ0n) is 16.7. The number of nitrogens with zero attached hydrogens (tertiary/aromatic N) is 3. The van der Waals surface area contributed by atoms with Crippen LogP contribution in [0.3, 0.4) is 0 Å². The van der Waals surface area contributed by atoms with Gasteiger partial charge in [-0.2, -0.15) is 5.10 Å². The van der Waals surface area contributed by atoms with Crippen LogP contribution in [0.15, 0.2) is 48.9 Å². The lowest BCUT2D eigenvalue weighted by Gasteiger charge is -2.30. The predicted octanol–water partition coefficient (Wildman–Crippen LogP) is 4.15. The largest absolute Gasteiger partial charge is 0.367 e. The van der Waals surface area contributed by atoms with E-state index in [0.717, 1.165) is 53.7 Å². The zero-order chi connectivity index (χ0) is 21.2. The molecule has 9 heteroatoms. The van der Waals surface area contributed by atoms with E-state index in [1.54, 1.807) is 18.5 Å². The Balaban J connectivity index is 1.31. The number of anilines is 1. The molecular weight excluding hydrogens is 414 g/mol. The van der Waals surface area contributed by atoms with Crippen LogP contribution in [-0.4, -0.2) is 43.1 Å². The number of H-pyrrole nitrogens is 2. The minimum Gasteiger partial charge on any atom is -0.367 e. The molecule has 0 bridgehead atoms. The Kier molecular flexibility index (Phi) is 5.30. The Morgan fingerprint density at radius 3 is 2.94 bits per heavy atom. The molecule has 0 spiro atoms. The number of fused-ring (bicyclic) bond motifs is 1. The van der Waals surface area contributed by atoms with Crippen molar-refractivity contribution in [2.45, 2.75) is 37.8 Å². The molecule has 4 aromatic heterocycles. The summed E-state index contributed by atoms with van der Waals surface area (Å²) in [7, 11) is 0. The van der Waals surface area contributed by atoms with Crippen molar-refractivity contribution in [2.24, 2.45) is 0 Å². The average molecular weight is 436 g/mol. The number of aromatic amines is 2. The summed E-state index contributed by atoms with van der Waals surface area (Å²) in [5.41, 5.74) is 3.32. The van der Waals surface area contributed by atoms with Crippen LogP contribution in [0.25, 0.3) is 22.2 Å². The van der Waals surface area contributed by atoms with E-state index >= 15 is 0 Å². The summed E-state index contributed by atoms with van der Waals surface area (Å²) >= 11 is 6.35. The number of aromatic nitrogens is 5. The molecule has 1 amide bonds. The molecule has 1 saturated carbocycles. The van der Waals surface area contributed by atoms with Crippen LogP contribution < -0.4 is 10.6 Å². The standard InChI is InChI=1S/C22H22ClN7O/c23-19-9-13(17-12-25-21-16(17)5-2-7-24-21)10-20(29-19)27-14-3-1-4-15(11-14)28-22(31)18-6-8-26-30-18/h2,5-10,12,14-15H,1,3-4,11H2,(H,24,25)(H,26,30)(H,27,29)(H,28,31). The Bertz CT molecular complexity index is 1200. The Morgan fingerprint density at radius 1 is 1.16 bits per heavy atom. The number of carbonyl (C=O) groups is 1. The lowest BCUT2D eigenvalue weighted by molar-refractivity contribution is 0.0921. The van der Waals surface area contributed by atoms with Crippen LogP contribution in [0.5, 0.6) is 0 Å². The van der Waals surface area contributed by atoms with Crippen molar-refractivity contribution >= 4 is 34.4 Å². The topological polar surface area (TPSA) is 111 Å². The highest BCUT2D eigenvalue weighted by molar-refractivity contribution is 6.29. The zero-order valence-corrected chi connectivity index (χ0v) is 17.5. The summed E-state index contributed by atoms with van der Waals surface area (Å²) in [4.78, 5) is 24.4. The highest BCUT2D eigenvalue weighted by Crippen LogP contribution is 2.31. The van der Waals surface area contributed by atoms with Gasteiger partial charge in [0.15, 0.2) is 0 Å². The molecule has 0 aliphatic heterocycles. The fourth-order valence-electron chi connectivity index (χ4n) is 4.23. The van der Waals surface area contributed by atoms with Gasteiger partial charge in [0.25, 0.3) is 5.91 Å². The predicted molar refractivity (Wildman–Crippen MR) is 120 cm³/mol. The molecule has 4 heterocycles. The SMILES string of the molecule is O=C(NC1CCCC(Nc2cc(-c3c[nH]c4ncccc34)cc(Cl)n2)C1)c1ccn[nH]1. The maximum atomic E-state index is 12.3. The van der Waals surface area contributed by atoms with Gasteiger partial charge >= 0.3 is 0 Å². The van der Waals surface area contributed by atoms with Gasteiger partial charge in [-0.05, 0) is 61.6 Å². The molecule has 31 heavy (non-hydrogen) atoms. The Labute approximate surface area is 183 Å². The third-order valence-corrected chi connectivity index (χ3v) is 5.86. The molecule has 8 nitrogen and oxygen atoms in total. The first-order valence-corrected chi connectivity index (χ1v) is 10.7. The van der Waals surface area contributed by atoms with E-state index in [-0.39, 0.29) is 18.0 Å². The van der Waals surface area contributed by atoms with Gasteiger partial charge in [0.05, 0.1) is 0 Å². The number of amides is 1. The maximum Gasteiger partial charge on any atom is 0.269 e. The van der Waals surface area contributed by atoms with Gasteiger partial charge in [-0.3, -0.25) is 9.89 Å². The summed E-state index contributed by atoms with van der Waals surface area (Å²) < 4.78 is 0.